The fourth-order valence-electron chi connectivity index (χ4n) is 3.73. The maximum Gasteiger partial charge on any atom is 0.248 e. The first-order chi connectivity index (χ1) is 16.8. The summed E-state index contributed by atoms with van der Waals surface area (Å²) < 4.78 is 21.7. The fraction of sp³-hybridized carbons (Fsp3) is 0.950. The molecule has 11 N–H and O–H groups in total. The van der Waals surface area contributed by atoms with Crippen molar-refractivity contribution in [3.05, 3.63) is 0 Å². The number of amides is 1. The van der Waals surface area contributed by atoms with Gasteiger partial charge in [0.15, 0.2) is 12.6 Å². The molecule has 0 aromatic heterocycles. The Morgan fingerprint density at radius 2 is 1.36 bits per heavy atom. The smallest absolute Gasteiger partial charge is 0.248 e. The van der Waals surface area contributed by atoms with Crippen LogP contribution in [0.3, 0.4) is 0 Å². The SMILES string of the molecule is C[C@@H](O)C(=O)N[C@@H](COC1OC(CO)C(O)C(O)C1OC1OC(CO)C(O)C(O)C1O)[C@H](O)[C@@H](C)O. The molecular formula is C20H37NO15. The number of aliphatic hydroxyl groups is 10. The van der Waals surface area contributed by atoms with Crippen LogP contribution in [0.4, 0.5) is 0 Å². The van der Waals surface area contributed by atoms with Gasteiger partial charge >= 0.3 is 0 Å². The number of hydrogen-bond donors (Lipinski definition) is 11. The molecule has 2 heterocycles. The predicted molar refractivity (Wildman–Crippen MR) is 114 cm³/mol. The molecule has 0 aliphatic carbocycles. The highest BCUT2D eigenvalue weighted by Crippen LogP contribution is 2.29. The molecule has 36 heavy (non-hydrogen) atoms. The number of carbonyl (C=O) groups excluding carboxylic acids is 1. The standard InChI is InChI=1S/C20H37NO15/c1-6(24)11(26)8(21-18(32)7(2)25)5-33-20-17(15(30)13(28)10(4-23)35-20)36-19-16(31)14(29)12(27)9(3-22)34-19/h6-17,19-20,22-31H,3-5H2,1-2H3,(H,21,32)/t6-,7-,8+,9?,10?,11-,12?,13?,14?,15?,16?,17?,19?,20?/m1/s1. The topological polar surface area (TPSA) is 268 Å². The van der Waals surface area contributed by atoms with Crippen LogP contribution < -0.4 is 5.32 Å². The van der Waals surface area contributed by atoms with Gasteiger partial charge in [0.25, 0.3) is 0 Å². The van der Waals surface area contributed by atoms with Crippen molar-refractivity contribution in [2.24, 2.45) is 0 Å². The average molecular weight is 532 g/mol. The maximum atomic E-state index is 11.9. The molecule has 212 valence electrons. The lowest BCUT2D eigenvalue weighted by atomic mass is 9.97. The highest BCUT2D eigenvalue weighted by Gasteiger charge is 2.51. The minimum Gasteiger partial charge on any atom is -0.394 e. The molecule has 2 fully saturated rings. The molecule has 2 aliphatic rings. The largest absolute Gasteiger partial charge is 0.394 e. The molecule has 0 aromatic rings. The molecule has 0 bridgehead atoms. The molecule has 10 unspecified atom stereocenters. The van der Waals surface area contributed by atoms with Crippen LogP contribution in [0, 0.1) is 0 Å². The van der Waals surface area contributed by atoms with Crippen molar-refractivity contribution in [1.82, 2.24) is 5.32 Å². The van der Waals surface area contributed by atoms with Crippen LogP contribution in [0.25, 0.3) is 0 Å². The van der Waals surface area contributed by atoms with Crippen LogP contribution in [0.15, 0.2) is 0 Å². The van der Waals surface area contributed by atoms with Gasteiger partial charge in [-0.2, -0.15) is 0 Å². The van der Waals surface area contributed by atoms with Crippen LogP contribution >= 0.6 is 0 Å². The van der Waals surface area contributed by atoms with E-state index in [2.05, 4.69) is 5.32 Å². The van der Waals surface area contributed by atoms with E-state index in [0.29, 0.717) is 0 Å². The van der Waals surface area contributed by atoms with Gasteiger partial charge in [0.1, 0.15) is 61.0 Å². The summed E-state index contributed by atoms with van der Waals surface area (Å²) in [6.45, 7) is 0.288. The summed E-state index contributed by atoms with van der Waals surface area (Å²) in [5, 5.41) is 102. The van der Waals surface area contributed by atoms with Crippen molar-refractivity contribution in [2.45, 2.75) is 99.6 Å². The Bertz CT molecular complexity index is 681. The number of rotatable bonds is 11. The molecule has 0 spiro atoms. The van der Waals surface area contributed by atoms with Gasteiger partial charge in [-0.3, -0.25) is 4.79 Å². The van der Waals surface area contributed by atoms with Gasteiger partial charge in [-0.1, -0.05) is 0 Å². The summed E-state index contributed by atoms with van der Waals surface area (Å²) >= 11 is 0. The van der Waals surface area contributed by atoms with E-state index in [1.54, 1.807) is 0 Å². The van der Waals surface area contributed by atoms with Crippen molar-refractivity contribution in [1.29, 1.82) is 0 Å². The first-order valence-corrected chi connectivity index (χ1v) is 11.4. The monoisotopic (exact) mass is 531 g/mol. The molecule has 0 aromatic carbocycles. The molecule has 0 radical (unpaired) electrons. The average Bonchev–Trinajstić information content (AvgIpc) is 2.84. The summed E-state index contributed by atoms with van der Waals surface area (Å²) in [5.41, 5.74) is 0. The lowest BCUT2D eigenvalue weighted by molar-refractivity contribution is -0.368. The second kappa shape index (κ2) is 13.6. The van der Waals surface area contributed by atoms with Crippen molar-refractivity contribution >= 4 is 5.91 Å². The number of nitrogens with one attached hydrogen (secondary N) is 1. The van der Waals surface area contributed by atoms with Gasteiger partial charge in [0.05, 0.1) is 32.0 Å². The van der Waals surface area contributed by atoms with Crippen molar-refractivity contribution in [2.75, 3.05) is 19.8 Å². The second-order valence-electron chi connectivity index (χ2n) is 8.86. The zero-order chi connectivity index (χ0) is 27.3. The first-order valence-electron chi connectivity index (χ1n) is 11.4. The van der Waals surface area contributed by atoms with Crippen molar-refractivity contribution in [3.63, 3.8) is 0 Å². The predicted octanol–water partition coefficient (Wildman–Crippen LogP) is -6.77. The van der Waals surface area contributed by atoms with Crippen LogP contribution in [0.1, 0.15) is 13.8 Å². The summed E-state index contributed by atoms with van der Waals surface area (Å²) in [6.07, 6.45) is -21.0. The van der Waals surface area contributed by atoms with E-state index in [4.69, 9.17) is 18.9 Å². The first kappa shape index (κ1) is 31.1. The Labute approximate surface area is 206 Å². The van der Waals surface area contributed by atoms with E-state index in [9.17, 15) is 55.9 Å². The number of carbonyl (C=O) groups is 1. The number of aliphatic hydroxyl groups excluding tert-OH is 10. The highest BCUT2D eigenvalue weighted by molar-refractivity contribution is 5.80. The van der Waals surface area contributed by atoms with Gasteiger partial charge in [-0.05, 0) is 13.8 Å². The molecule has 0 saturated carbocycles. The van der Waals surface area contributed by atoms with Crippen molar-refractivity contribution < 1.29 is 74.8 Å². The Balaban J connectivity index is 2.23. The van der Waals surface area contributed by atoms with Gasteiger partial charge in [-0.15, -0.1) is 0 Å². The molecule has 14 atom stereocenters. The normalized spacial score (nSPS) is 40.8. The van der Waals surface area contributed by atoms with Crippen LogP contribution in [-0.2, 0) is 23.7 Å². The zero-order valence-corrected chi connectivity index (χ0v) is 19.7. The van der Waals surface area contributed by atoms with Crippen molar-refractivity contribution in [3.8, 4) is 0 Å². The minimum atomic E-state index is -1.86. The molecule has 16 nitrogen and oxygen atoms in total. The van der Waals surface area contributed by atoms with Gasteiger partial charge < -0.3 is 75.3 Å². The third-order valence-electron chi connectivity index (χ3n) is 6.02. The van der Waals surface area contributed by atoms with E-state index in [1.165, 1.54) is 13.8 Å². The summed E-state index contributed by atoms with van der Waals surface area (Å²) in [7, 11) is 0. The quantitative estimate of drug-likeness (QED) is 0.118. The number of hydrogen-bond acceptors (Lipinski definition) is 15. The molecule has 16 heteroatoms. The van der Waals surface area contributed by atoms with Crippen LogP contribution in [0.2, 0.25) is 0 Å². The number of ether oxygens (including phenoxy) is 4. The molecule has 2 aliphatic heterocycles. The van der Waals surface area contributed by atoms with E-state index in [-0.39, 0.29) is 0 Å². The second-order valence-corrected chi connectivity index (χ2v) is 8.86. The van der Waals surface area contributed by atoms with Gasteiger partial charge in [0.2, 0.25) is 5.91 Å². The summed E-state index contributed by atoms with van der Waals surface area (Å²) in [4.78, 5) is 11.9. The highest BCUT2D eigenvalue weighted by atomic mass is 16.8. The summed E-state index contributed by atoms with van der Waals surface area (Å²) in [6, 6.07) is -1.31. The minimum absolute atomic E-state index is 0.593. The molecule has 1 amide bonds. The van der Waals surface area contributed by atoms with Crippen LogP contribution in [0.5, 0.6) is 0 Å². The summed E-state index contributed by atoms with van der Waals surface area (Å²) in [5.74, 6) is -0.898. The molecule has 2 rings (SSSR count). The van der Waals surface area contributed by atoms with Crippen LogP contribution in [-0.4, -0.2) is 163 Å². The Morgan fingerprint density at radius 1 is 0.833 bits per heavy atom. The maximum absolute atomic E-state index is 11.9. The van der Waals surface area contributed by atoms with E-state index in [1.807, 2.05) is 0 Å². The molecular weight excluding hydrogens is 494 g/mol. The zero-order valence-electron chi connectivity index (χ0n) is 19.7. The molecule has 2 saturated heterocycles. The third-order valence-corrected chi connectivity index (χ3v) is 6.02. The Kier molecular flexibility index (Phi) is 11.8. The lowest BCUT2D eigenvalue weighted by Crippen LogP contribution is -2.65. The lowest BCUT2D eigenvalue weighted by Gasteiger charge is -2.46. The Morgan fingerprint density at radius 3 is 1.86 bits per heavy atom. The Hall–Kier alpha value is -1.09. The van der Waals surface area contributed by atoms with Gasteiger partial charge in [-0.25, -0.2) is 0 Å². The third kappa shape index (κ3) is 7.27. The van der Waals surface area contributed by atoms with E-state index >= 15 is 0 Å². The fourth-order valence-corrected chi connectivity index (χ4v) is 3.73. The van der Waals surface area contributed by atoms with E-state index in [0.717, 1.165) is 0 Å². The van der Waals surface area contributed by atoms with E-state index < -0.39 is 111 Å². The van der Waals surface area contributed by atoms with Gasteiger partial charge in [0, 0.05) is 0 Å².